The third-order valence-electron chi connectivity index (χ3n) is 2.11. The van der Waals surface area contributed by atoms with Crippen molar-refractivity contribution in [1.29, 1.82) is 0 Å². The fourth-order valence-corrected chi connectivity index (χ4v) is 1.33. The zero-order valence-corrected chi connectivity index (χ0v) is 10.4. The van der Waals surface area contributed by atoms with E-state index in [4.69, 9.17) is 9.47 Å². The summed E-state index contributed by atoms with van der Waals surface area (Å²) in [7, 11) is 1.58. The summed E-state index contributed by atoms with van der Waals surface area (Å²) in [6, 6.07) is 0. The van der Waals surface area contributed by atoms with Crippen molar-refractivity contribution in [2.75, 3.05) is 25.6 Å². The predicted octanol–water partition coefficient (Wildman–Crippen LogP) is 2.26. The molecule has 0 aliphatic rings. The summed E-state index contributed by atoms with van der Waals surface area (Å²) in [6.45, 7) is 7.01. The highest BCUT2D eigenvalue weighted by atomic mass is 16.5. The van der Waals surface area contributed by atoms with Gasteiger partial charge in [-0.25, -0.2) is 4.98 Å². The van der Waals surface area contributed by atoms with Crippen molar-refractivity contribution in [2.45, 2.75) is 19.8 Å². The Labute approximate surface area is 102 Å². The van der Waals surface area contributed by atoms with Gasteiger partial charge in [-0.05, 0) is 19.8 Å². The molecule has 1 rings (SSSR count). The lowest BCUT2D eigenvalue weighted by Crippen LogP contribution is -2.06. The summed E-state index contributed by atoms with van der Waals surface area (Å²) in [5.41, 5.74) is 0. The first-order valence-electron chi connectivity index (χ1n) is 5.70. The van der Waals surface area contributed by atoms with Crippen LogP contribution in [-0.4, -0.2) is 30.2 Å². The van der Waals surface area contributed by atoms with Crippen LogP contribution in [0.4, 0.5) is 5.82 Å². The molecule has 0 unspecified atom stereocenters. The molecular formula is C12H19N3O2. The number of methoxy groups -OCH3 is 1. The van der Waals surface area contributed by atoms with E-state index in [1.807, 2.05) is 13.0 Å². The number of unbranched alkanes of at least 4 members (excludes halogenated alkanes) is 1. The van der Waals surface area contributed by atoms with Crippen molar-refractivity contribution in [2.24, 2.45) is 0 Å². The van der Waals surface area contributed by atoms with E-state index in [1.165, 1.54) is 6.33 Å². The molecular weight excluding hydrogens is 218 g/mol. The first-order chi connectivity index (χ1) is 8.33. The highest BCUT2D eigenvalue weighted by molar-refractivity contribution is 5.54. The van der Waals surface area contributed by atoms with Crippen LogP contribution in [0.15, 0.2) is 19.0 Å². The lowest BCUT2D eigenvalue weighted by Gasteiger charge is -2.12. The van der Waals surface area contributed by atoms with Gasteiger partial charge in [0.05, 0.1) is 13.7 Å². The van der Waals surface area contributed by atoms with Gasteiger partial charge in [-0.15, -0.1) is 6.58 Å². The Balaban J connectivity index is 2.69. The second kappa shape index (κ2) is 7.49. The molecule has 1 aromatic heterocycles. The molecule has 0 radical (unpaired) electrons. The van der Waals surface area contributed by atoms with Crippen molar-refractivity contribution < 1.29 is 9.47 Å². The van der Waals surface area contributed by atoms with Crippen LogP contribution in [0, 0.1) is 0 Å². The lowest BCUT2D eigenvalue weighted by atomic mass is 10.3. The fraction of sp³-hybridized carbons (Fsp3) is 0.500. The number of rotatable bonds is 8. The second-order valence-corrected chi connectivity index (χ2v) is 3.37. The van der Waals surface area contributed by atoms with Crippen molar-refractivity contribution in [1.82, 2.24) is 9.97 Å². The topological polar surface area (TPSA) is 56.3 Å². The molecule has 1 aromatic rings. The molecule has 0 aliphatic heterocycles. The molecule has 0 atom stereocenters. The summed E-state index contributed by atoms with van der Waals surface area (Å²) in [6.07, 6.45) is 5.16. The smallest absolute Gasteiger partial charge is 0.262 e. The molecule has 0 saturated carbocycles. The van der Waals surface area contributed by atoms with Gasteiger partial charge in [0.1, 0.15) is 6.33 Å². The molecule has 0 fully saturated rings. The van der Waals surface area contributed by atoms with Crippen LogP contribution >= 0.6 is 0 Å². The number of nitrogens with one attached hydrogen (secondary N) is 1. The van der Waals surface area contributed by atoms with E-state index >= 15 is 0 Å². The van der Waals surface area contributed by atoms with Gasteiger partial charge in [-0.1, -0.05) is 6.08 Å². The zero-order valence-electron chi connectivity index (χ0n) is 10.4. The van der Waals surface area contributed by atoms with Crippen LogP contribution in [0.5, 0.6) is 11.6 Å². The van der Waals surface area contributed by atoms with Crippen LogP contribution in [0.1, 0.15) is 19.8 Å². The zero-order chi connectivity index (χ0) is 12.5. The Kier molecular flexibility index (Phi) is 5.85. The molecule has 0 aromatic carbocycles. The monoisotopic (exact) mass is 237 g/mol. The van der Waals surface area contributed by atoms with Crippen LogP contribution < -0.4 is 14.8 Å². The first kappa shape index (κ1) is 13.3. The van der Waals surface area contributed by atoms with E-state index in [-0.39, 0.29) is 0 Å². The highest BCUT2D eigenvalue weighted by Gasteiger charge is 2.12. The van der Waals surface area contributed by atoms with Crippen molar-refractivity contribution >= 4 is 5.82 Å². The number of aromatic nitrogens is 2. The molecule has 0 saturated heterocycles. The van der Waals surface area contributed by atoms with Crippen molar-refractivity contribution in [3.63, 3.8) is 0 Å². The summed E-state index contributed by atoms with van der Waals surface area (Å²) in [5.74, 6) is 1.68. The molecule has 5 heteroatoms. The van der Waals surface area contributed by atoms with Crippen LogP contribution in [-0.2, 0) is 0 Å². The largest absolute Gasteiger partial charge is 0.489 e. The number of hydrogen-bond donors (Lipinski definition) is 1. The summed E-state index contributed by atoms with van der Waals surface area (Å²) >= 11 is 0. The number of nitrogens with zero attached hydrogens (tertiary/aromatic N) is 2. The quantitative estimate of drug-likeness (QED) is 0.555. The molecule has 1 heterocycles. The van der Waals surface area contributed by atoms with E-state index in [0.717, 1.165) is 19.4 Å². The summed E-state index contributed by atoms with van der Waals surface area (Å²) < 4.78 is 10.8. The van der Waals surface area contributed by atoms with Gasteiger partial charge >= 0.3 is 0 Å². The van der Waals surface area contributed by atoms with Crippen molar-refractivity contribution in [3.8, 4) is 11.6 Å². The molecule has 17 heavy (non-hydrogen) atoms. The first-order valence-corrected chi connectivity index (χ1v) is 5.70. The second-order valence-electron chi connectivity index (χ2n) is 3.37. The Morgan fingerprint density at radius 3 is 2.94 bits per heavy atom. The Morgan fingerprint density at radius 2 is 2.29 bits per heavy atom. The lowest BCUT2D eigenvalue weighted by molar-refractivity contribution is 0.278. The maximum absolute atomic E-state index is 5.55. The Morgan fingerprint density at radius 1 is 1.47 bits per heavy atom. The van der Waals surface area contributed by atoms with Crippen LogP contribution in [0.2, 0.25) is 0 Å². The van der Waals surface area contributed by atoms with Gasteiger partial charge in [0, 0.05) is 6.54 Å². The molecule has 0 aliphatic carbocycles. The highest BCUT2D eigenvalue weighted by Crippen LogP contribution is 2.30. The SMILES string of the molecule is C=CCCCOc1ncnc(NCC)c1OC. The molecule has 5 nitrogen and oxygen atoms in total. The number of hydrogen-bond acceptors (Lipinski definition) is 5. The van der Waals surface area contributed by atoms with E-state index in [0.29, 0.717) is 24.1 Å². The molecule has 94 valence electrons. The predicted molar refractivity (Wildman–Crippen MR) is 67.7 cm³/mol. The van der Waals surface area contributed by atoms with E-state index < -0.39 is 0 Å². The molecule has 0 spiro atoms. The van der Waals surface area contributed by atoms with Gasteiger partial charge in [0.2, 0.25) is 5.75 Å². The van der Waals surface area contributed by atoms with Crippen LogP contribution in [0.3, 0.4) is 0 Å². The number of anilines is 1. The average molecular weight is 237 g/mol. The molecule has 0 bridgehead atoms. The molecule has 0 amide bonds. The Hall–Kier alpha value is -1.78. The average Bonchev–Trinajstić information content (AvgIpc) is 2.35. The van der Waals surface area contributed by atoms with E-state index in [2.05, 4.69) is 21.9 Å². The third kappa shape index (κ3) is 3.94. The van der Waals surface area contributed by atoms with Crippen LogP contribution in [0.25, 0.3) is 0 Å². The minimum absolute atomic E-state index is 0.475. The van der Waals surface area contributed by atoms with Gasteiger partial charge in [-0.2, -0.15) is 4.98 Å². The maximum atomic E-state index is 5.55. The van der Waals surface area contributed by atoms with Crippen molar-refractivity contribution in [3.05, 3.63) is 19.0 Å². The number of ether oxygens (including phenoxy) is 2. The van der Waals surface area contributed by atoms with Gasteiger partial charge in [0.25, 0.3) is 5.88 Å². The Bertz CT molecular complexity index is 356. The number of allylic oxidation sites excluding steroid dienone is 1. The maximum Gasteiger partial charge on any atom is 0.262 e. The van der Waals surface area contributed by atoms with Gasteiger partial charge in [-0.3, -0.25) is 0 Å². The van der Waals surface area contributed by atoms with E-state index in [1.54, 1.807) is 7.11 Å². The normalized spacial score (nSPS) is 9.76. The standard InChI is InChI=1S/C12H19N3O2/c1-4-6-7-8-17-12-10(16-3)11(13-5-2)14-9-15-12/h4,9H,1,5-8H2,2-3H3,(H,13,14,15). The molecule has 1 N–H and O–H groups in total. The van der Waals surface area contributed by atoms with Gasteiger partial charge in [0.15, 0.2) is 5.82 Å². The summed E-state index contributed by atoms with van der Waals surface area (Å²) in [5, 5.41) is 3.10. The van der Waals surface area contributed by atoms with Gasteiger partial charge < -0.3 is 14.8 Å². The van der Waals surface area contributed by atoms with E-state index in [9.17, 15) is 0 Å². The third-order valence-corrected chi connectivity index (χ3v) is 2.11. The minimum Gasteiger partial charge on any atom is -0.489 e. The minimum atomic E-state index is 0.475. The fourth-order valence-electron chi connectivity index (χ4n) is 1.33. The summed E-state index contributed by atoms with van der Waals surface area (Å²) in [4.78, 5) is 8.17.